The maximum absolute atomic E-state index is 13.8. The first-order chi connectivity index (χ1) is 13.6. The largest absolute Gasteiger partial charge is 0.353 e. The molecule has 1 aromatic carbocycles. The Morgan fingerprint density at radius 3 is 2.43 bits per heavy atom. The zero-order valence-corrected chi connectivity index (χ0v) is 14.7. The van der Waals surface area contributed by atoms with E-state index in [1.807, 2.05) is 23.1 Å². The average Bonchev–Trinajstić information content (AvgIpc) is 2.75. The van der Waals surface area contributed by atoms with E-state index >= 15 is 0 Å². The van der Waals surface area contributed by atoms with Gasteiger partial charge in [-0.15, -0.1) is 5.10 Å². The van der Waals surface area contributed by atoms with E-state index in [0.29, 0.717) is 19.0 Å². The summed E-state index contributed by atoms with van der Waals surface area (Å²) in [6.45, 7) is 2.77. The van der Waals surface area contributed by atoms with Gasteiger partial charge in [0.15, 0.2) is 23.3 Å². The first-order valence-electron chi connectivity index (χ1n) is 8.63. The summed E-state index contributed by atoms with van der Waals surface area (Å²) < 4.78 is 40.3. The lowest BCUT2D eigenvalue weighted by Gasteiger charge is -2.35. The Morgan fingerprint density at radius 2 is 1.68 bits per heavy atom. The number of halogens is 3. The molecule has 1 saturated heterocycles. The van der Waals surface area contributed by atoms with Crippen molar-refractivity contribution in [1.82, 2.24) is 20.2 Å². The minimum absolute atomic E-state index is 0.182. The van der Waals surface area contributed by atoms with E-state index < -0.39 is 17.5 Å². The van der Waals surface area contributed by atoms with Crippen LogP contribution in [-0.2, 0) is 0 Å². The highest BCUT2D eigenvalue weighted by atomic mass is 19.2. The molecule has 0 unspecified atom stereocenters. The smallest absolute Gasteiger partial charge is 0.247 e. The van der Waals surface area contributed by atoms with Crippen LogP contribution in [-0.4, -0.2) is 46.3 Å². The molecule has 3 aromatic rings. The SMILES string of the molecule is Fc1ccc(Nc2cnnc(N3CCN(c4ccccn4)CC3)n2)c(F)c1F. The van der Waals surface area contributed by atoms with E-state index in [2.05, 4.69) is 30.4 Å². The van der Waals surface area contributed by atoms with Crippen molar-refractivity contribution in [2.75, 3.05) is 41.3 Å². The number of hydrogen-bond acceptors (Lipinski definition) is 7. The molecule has 0 spiro atoms. The van der Waals surface area contributed by atoms with Gasteiger partial charge in [-0.1, -0.05) is 6.07 Å². The second-order valence-electron chi connectivity index (χ2n) is 6.15. The third-order valence-electron chi connectivity index (χ3n) is 4.38. The van der Waals surface area contributed by atoms with Crippen molar-refractivity contribution in [3.8, 4) is 0 Å². The third kappa shape index (κ3) is 3.66. The summed E-state index contributed by atoms with van der Waals surface area (Å²) in [7, 11) is 0. The van der Waals surface area contributed by atoms with Gasteiger partial charge in [0.2, 0.25) is 5.95 Å². The van der Waals surface area contributed by atoms with E-state index in [4.69, 9.17) is 0 Å². The van der Waals surface area contributed by atoms with Crippen LogP contribution < -0.4 is 15.1 Å². The number of hydrogen-bond donors (Lipinski definition) is 1. The molecule has 1 aliphatic heterocycles. The number of piperazine rings is 1. The molecule has 1 fully saturated rings. The highest BCUT2D eigenvalue weighted by Crippen LogP contribution is 2.23. The summed E-state index contributed by atoms with van der Waals surface area (Å²) >= 11 is 0. The van der Waals surface area contributed by atoms with Gasteiger partial charge in [0.25, 0.3) is 0 Å². The molecule has 3 heterocycles. The van der Waals surface area contributed by atoms with Gasteiger partial charge in [-0.05, 0) is 24.3 Å². The summed E-state index contributed by atoms with van der Waals surface area (Å²) in [5.74, 6) is -2.65. The molecule has 7 nitrogen and oxygen atoms in total. The maximum atomic E-state index is 13.8. The first-order valence-corrected chi connectivity index (χ1v) is 8.63. The Morgan fingerprint density at radius 1 is 0.893 bits per heavy atom. The minimum atomic E-state index is -1.54. The average molecular weight is 387 g/mol. The van der Waals surface area contributed by atoms with Crippen molar-refractivity contribution in [3.63, 3.8) is 0 Å². The van der Waals surface area contributed by atoms with Gasteiger partial charge in [0.05, 0.1) is 11.9 Å². The second-order valence-corrected chi connectivity index (χ2v) is 6.15. The minimum Gasteiger partial charge on any atom is -0.353 e. The van der Waals surface area contributed by atoms with E-state index in [9.17, 15) is 13.2 Å². The Hall–Kier alpha value is -3.43. The zero-order valence-electron chi connectivity index (χ0n) is 14.7. The van der Waals surface area contributed by atoms with Gasteiger partial charge in [-0.2, -0.15) is 10.1 Å². The highest BCUT2D eigenvalue weighted by molar-refractivity contribution is 5.57. The predicted octanol–water partition coefficient (Wildman–Crippen LogP) is 2.75. The summed E-state index contributed by atoms with van der Waals surface area (Å²) in [6, 6.07) is 7.70. The molecule has 2 aromatic heterocycles. The summed E-state index contributed by atoms with van der Waals surface area (Å²) in [4.78, 5) is 12.7. The number of pyridine rings is 1. The van der Waals surface area contributed by atoms with Crippen LogP contribution in [0.25, 0.3) is 0 Å². The summed E-state index contributed by atoms with van der Waals surface area (Å²) in [6.07, 6.45) is 3.04. The second kappa shape index (κ2) is 7.67. The highest BCUT2D eigenvalue weighted by Gasteiger charge is 2.21. The topological polar surface area (TPSA) is 70.1 Å². The molecule has 1 N–H and O–H groups in total. The number of nitrogens with zero attached hydrogens (tertiary/aromatic N) is 6. The van der Waals surface area contributed by atoms with Gasteiger partial charge < -0.3 is 15.1 Å². The molecule has 10 heteroatoms. The molecule has 0 amide bonds. The molecule has 0 aliphatic carbocycles. The van der Waals surface area contributed by atoms with Crippen molar-refractivity contribution in [2.45, 2.75) is 0 Å². The lowest BCUT2D eigenvalue weighted by molar-refractivity contribution is 0.449. The number of rotatable bonds is 4. The van der Waals surface area contributed by atoms with Gasteiger partial charge in [-0.3, -0.25) is 0 Å². The van der Waals surface area contributed by atoms with Crippen LogP contribution >= 0.6 is 0 Å². The number of benzene rings is 1. The van der Waals surface area contributed by atoms with Crippen LogP contribution in [0.2, 0.25) is 0 Å². The predicted molar refractivity (Wildman–Crippen MR) is 98.1 cm³/mol. The Labute approximate surface area is 158 Å². The monoisotopic (exact) mass is 387 g/mol. The summed E-state index contributed by atoms with van der Waals surface area (Å²) in [5.41, 5.74) is -0.231. The van der Waals surface area contributed by atoms with Gasteiger partial charge in [-0.25, -0.2) is 18.2 Å². The fraction of sp³-hybridized carbons (Fsp3) is 0.222. The van der Waals surface area contributed by atoms with Crippen LogP contribution in [0.3, 0.4) is 0 Å². The fourth-order valence-electron chi connectivity index (χ4n) is 2.93. The molecule has 0 bridgehead atoms. The number of aromatic nitrogens is 4. The Kier molecular flexibility index (Phi) is 4.92. The van der Waals surface area contributed by atoms with Gasteiger partial charge in [0.1, 0.15) is 5.82 Å². The molecular weight excluding hydrogens is 371 g/mol. The molecule has 144 valence electrons. The molecule has 0 atom stereocenters. The molecule has 0 saturated carbocycles. The van der Waals surface area contributed by atoms with Crippen molar-refractivity contribution in [3.05, 3.63) is 60.2 Å². The molecule has 28 heavy (non-hydrogen) atoms. The zero-order chi connectivity index (χ0) is 19.5. The van der Waals surface area contributed by atoms with E-state index in [1.165, 1.54) is 6.20 Å². The lowest BCUT2D eigenvalue weighted by Crippen LogP contribution is -2.47. The van der Waals surface area contributed by atoms with E-state index in [0.717, 1.165) is 31.0 Å². The van der Waals surface area contributed by atoms with E-state index in [-0.39, 0.29) is 11.5 Å². The van der Waals surface area contributed by atoms with Crippen LogP contribution in [0.4, 0.5) is 36.4 Å². The van der Waals surface area contributed by atoms with Crippen LogP contribution in [0, 0.1) is 17.5 Å². The Balaban J connectivity index is 1.45. The fourth-order valence-corrected chi connectivity index (χ4v) is 2.93. The molecule has 0 radical (unpaired) electrons. The van der Waals surface area contributed by atoms with Crippen molar-refractivity contribution in [1.29, 1.82) is 0 Å². The lowest BCUT2D eigenvalue weighted by atomic mass is 10.3. The molecule has 4 rings (SSSR count). The molecule has 1 aliphatic rings. The molecular formula is C18H16F3N7. The summed E-state index contributed by atoms with van der Waals surface area (Å²) in [5, 5.41) is 10.5. The van der Waals surface area contributed by atoms with Gasteiger partial charge in [0, 0.05) is 32.4 Å². The standard InChI is InChI=1S/C18H16F3N7/c19-12-4-5-13(17(21)16(12)20)24-14-11-23-26-18(25-14)28-9-7-27(8-10-28)15-3-1-2-6-22-15/h1-6,11H,7-10H2,(H,24,25,26). The van der Waals surface area contributed by atoms with Gasteiger partial charge >= 0.3 is 0 Å². The Bertz CT molecular complexity index is 963. The van der Waals surface area contributed by atoms with Crippen molar-refractivity contribution < 1.29 is 13.2 Å². The van der Waals surface area contributed by atoms with Crippen LogP contribution in [0.5, 0.6) is 0 Å². The normalized spacial score (nSPS) is 14.2. The third-order valence-corrected chi connectivity index (χ3v) is 4.38. The van der Waals surface area contributed by atoms with Crippen LogP contribution in [0.15, 0.2) is 42.7 Å². The first kappa shape index (κ1) is 18.0. The van der Waals surface area contributed by atoms with Crippen molar-refractivity contribution in [2.24, 2.45) is 0 Å². The van der Waals surface area contributed by atoms with Crippen LogP contribution in [0.1, 0.15) is 0 Å². The number of nitrogens with one attached hydrogen (secondary N) is 1. The van der Waals surface area contributed by atoms with Crippen molar-refractivity contribution >= 4 is 23.3 Å². The van der Waals surface area contributed by atoms with E-state index in [1.54, 1.807) is 6.20 Å². The maximum Gasteiger partial charge on any atom is 0.247 e. The quantitative estimate of drug-likeness (QED) is 0.691. The number of anilines is 4.